The number of hydrogen-bond acceptors (Lipinski definition) is 7. The van der Waals surface area contributed by atoms with Crippen LogP contribution in [0.4, 0.5) is 0 Å². The fourth-order valence-corrected chi connectivity index (χ4v) is 5.63. The molecule has 3 aromatic rings. The summed E-state index contributed by atoms with van der Waals surface area (Å²) in [5, 5.41) is 11.4. The molecule has 1 N–H and O–H groups in total. The summed E-state index contributed by atoms with van der Waals surface area (Å²) in [5.41, 5.74) is 1.26. The number of piperazine rings is 1. The highest BCUT2D eigenvalue weighted by Crippen LogP contribution is 2.41. The fraction of sp³-hybridized carbons (Fsp3) is 0.400. The number of likely N-dealkylation sites (tertiary alicyclic amines) is 1. The number of aliphatic hydroxyl groups excluding tert-OH is 1. The monoisotopic (exact) mass is 446 g/mol. The van der Waals surface area contributed by atoms with Crippen LogP contribution in [0.5, 0.6) is 0 Å². The Labute approximate surface area is 191 Å². The zero-order chi connectivity index (χ0) is 22.7. The van der Waals surface area contributed by atoms with Gasteiger partial charge in [0.25, 0.3) is 5.91 Å². The first-order valence-corrected chi connectivity index (χ1v) is 11.3. The van der Waals surface area contributed by atoms with Crippen molar-refractivity contribution in [3.05, 3.63) is 65.7 Å². The molecular weight excluding hydrogens is 420 g/mol. The van der Waals surface area contributed by atoms with Gasteiger partial charge in [0.1, 0.15) is 17.1 Å². The number of benzene rings is 1. The van der Waals surface area contributed by atoms with Gasteiger partial charge in [-0.25, -0.2) is 0 Å². The first kappa shape index (κ1) is 20.5. The number of nitrogens with zero attached hydrogens (tertiary/aromatic N) is 4. The smallest absolute Gasteiger partial charge is 0.252 e. The van der Waals surface area contributed by atoms with Crippen LogP contribution in [-0.2, 0) is 22.7 Å². The second-order valence-electron chi connectivity index (χ2n) is 9.51. The summed E-state index contributed by atoms with van der Waals surface area (Å²) >= 11 is 0. The van der Waals surface area contributed by atoms with Crippen LogP contribution >= 0.6 is 0 Å². The summed E-state index contributed by atoms with van der Waals surface area (Å²) in [4.78, 5) is 36.9. The normalized spacial score (nSPS) is 25.1. The average Bonchev–Trinajstić information content (AvgIpc) is 3.38. The predicted octanol–water partition coefficient (Wildman–Crippen LogP) is 1.69. The topological polar surface area (TPSA) is 90.1 Å². The second-order valence-corrected chi connectivity index (χ2v) is 9.51. The van der Waals surface area contributed by atoms with Crippen LogP contribution in [0.15, 0.2) is 53.1 Å². The number of rotatable bonds is 4. The molecule has 2 aromatic heterocycles. The van der Waals surface area contributed by atoms with Gasteiger partial charge in [-0.3, -0.25) is 29.3 Å². The molecule has 6 rings (SSSR count). The Morgan fingerprint density at radius 3 is 2.76 bits per heavy atom. The summed E-state index contributed by atoms with van der Waals surface area (Å²) in [5.74, 6) is 0.899. The third-order valence-corrected chi connectivity index (χ3v) is 7.16. The quantitative estimate of drug-likeness (QED) is 0.610. The first-order valence-electron chi connectivity index (χ1n) is 11.3. The van der Waals surface area contributed by atoms with Gasteiger partial charge in [0.05, 0.1) is 24.2 Å². The summed E-state index contributed by atoms with van der Waals surface area (Å²) in [6, 6.07) is 13.3. The lowest BCUT2D eigenvalue weighted by molar-refractivity contribution is -0.181. The Balaban J connectivity index is 1.24. The molecule has 2 atom stereocenters. The number of carbonyl (C=O) groups excluding carboxylic acids is 2. The molecule has 1 aromatic carbocycles. The van der Waals surface area contributed by atoms with E-state index >= 15 is 0 Å². The summed E-state index contributed by atoms with van der Waals surface area (Å²) in [6.07, 6.45) is 1.64. The number of aromatic nitrogens is 1. The molecule has 8 heteroatoms. The van der Waals surface area contributed by atoms with Crippen LogP contribution in [0.2, 0.25) is 0 Å². The number of imide groups is 1. The highest BCUT2D eigenvalue weighted by Gasteiger charge is 2.64. The maximum Gasteiger partial charge on any atom is 0.252 e. The molecule has 0 radical (unpaired) electrons. The van der Waals surface area contributed by atoms with E-state index in [-0.39, 0.29) is 18.4 Å². The lowest BCUT2D eigenvalue weighted by atomic mass is 9.82. The van der Waals surface area contributed by atoms with E-state index in [1.807, 2.05) is 48.4 Å². The number of aryl methyl sites for hydroxylation is 1. The van der Waals surface area contributed by atoms with Gasteiger partial charge in [-0.2, -0.15) is 0 Å². The third-order valence-electron chi connectivity index (χ3n) is 7.16. The molecule has 3 aliphatic heterocycles. The van der Waals surface area contributed by atoms with E-state index in [1.165, 1.54) is 4.90 Å². The molecule has 33 heavy (non-hydrogen) atoms. The maximum atomic E-state index is 13.7. The number of carbonyl (C=O) groups is 2. The van der Waals surface area contributed by atoms with Crippen molar-refractivity contribution < 1.29 is 19.1 Å². The molecule has 3 aliphatic rings. The van der Waals surface area contributed by atoms with Crippen LogP contribution < -0.4 is 0 Å². The highest BCUT2D eigenvalue weighted by molar-refractivity contribution is 6.06. The van der Waals surface area contributed by atoms with Gasteiger partial charge in [0.15, 0.2) is 0 Å². The standard InChI is InChI=1S/C25H26N4O4/c1-16-6-7-20(33-16)13-28-23(31)22-9-19(30)12-29(22)25(24(28)32)14-27(15-25)11-17-8-18-4-2-3-5-21(18)26-10-17/h2-8,10,19,22,30H,9,11-15H2,1H3/t19-,22+/m1/s1. The fourth-order valence-electron chi connectivity index (χ4n) is 5.63. The van der Waals surface area contributed by atoms with Crippen molar-refractivity contribution in [2.75, 3.05) is 19.6 Å². The van der Waals surface area contributed by atoms with Crippen molar-refractivity contribution in [2.45, 2.75) is 44.1 Å². The Bertz CT molecular complexity index is 1250. The third kappa shape index (κ3) is 3.28. The predicted molar refractivity (Wildman–Crippen MR) is 120 cm³/mol. The van der Waals surface area contributed by atoms with Gasteiger partial charge in [-0.15, -0.1) is 0 Å². The van der Waals surface area contributed by atoms with Crippen molar-refractivity contribution in [3.8, 4) is 0 Å². The zero-order valence-electron chi connectivity index (χ0n) is 18.5. The average molecular weight is 447 g/mol. The number of furan rings is 1. The van der Waals surface area contributed by atoms with Crippen molar-refractivity contribution in [1.29, 1.82) is 0 Å². The SMILES string of the molecule is Cc1ccc(CN2C(=O)[C@@H]3C[C@@H](O)CN3C3(CN(Cc4cnc5ccccc5c4)C3)C2=O)o1. The Hall–Kier alpha value is -3.07. The number of β-amino-alcohol motifs (C(OH)–C–C–N with tert-alkyl or cyclic N) is 1. The Morgan fingerprint density at radius 2 is 1.97 bits per heavy atom. The summed E-state index contributed by atoms with van der Waals surface area (Å²) < 4.78 is 5.64. The molecule has 1 spiro atoms. The number of hydrogen-bond donors (Lipinski definition) is 1. The summed E-state index contributed by atoms with van der Waals surface area (Å²) in [7, 11) is 0. The molecular formula is C25H26N4O4. The minimum atomic E-state index is -0.790. The lowest BCUT2D eigenvalue weighted by Gasteiger charge is -2.58. The molecule has 0 aliphatic carbocycles. The van der Waals surface area contributed by atoms with Crippen LogP contribution in [0.1, 0.15) is 23.5 Å². The van der Waals surface area contributed by atoms with E-state index in [2.05, 4.69) is 16.0 Å². The van der Waals surface area contributed by atoms with Crippen molar-refractivity contribution in [1.82, 2.24) is 19.7 Å². The number of amides is 2. The molecule has 0 bridgehead atoms. The van der Waals surface area contributed by atoms with Crippen molar-refractivity contribution >= 4 is 22.7 Å². The lowest BCUT2D eigenvalue weighted by Crippen LogP contribution is -2.81. The first-order chi connectivity index (χ1) is 15.9. The minimum absolute atomic E-state index is 0.127. The molecule has 5 heterocycles. The van der Waals surface area contributed by atoms with E-state index in [1.54, 1.807) is 6.07 Å². The number of para-hydroxylation sites is 1. The Morgan fingerprint density at radius 1 is 1.15 bits per heavy atom. The van der Waals surface area contributed by atoms with E-state index in [0.29, 0.717) is 38.4 Å². The van der Waals surface area contributed by atoms with E-state index in [4.69, 9.17) is 4.42 Å². The molecule has 170 valence electrons. The molecule has 8 nitrogen and oxygen atoms in total. The zero-order valence-corrected chi connectivity index (χ0v) is 18.5. The maximum absolute atomic E-state index is 13.7. The van der Waals surface area contributed by atoms with Gasteiger partial charge >= 0.3 is 0 Å². The van der Waals surface area contributed by atoms with Crippen LogP contribution in [-0.4, -0.2) is 73.9 Å². The largest absolute Gasteiger partial charge is 0.464 e. The Kier molecular flexibility index (Phi) is 4.65. The molecule has 3 saturated heterocycles. The number of pyridine rings is 1. The molecule has 2 amide bonds. The van der Waals surface area contributed by atoms with Gasteiger partial charge in [-0.1, -0.05) is 18.2 Å². The van der Waals surface area contributed by atoms with E-state index < -0.39 is 17.7 Å². The van der Waals surface area contributed by atoms with E-state index in [0.717, 1.165) is 22.2 Å². The van der Waals surface area contributed by atoms with Crippen LogP contribution in [0.25, 0.3) is 10.9 Å². The summed E-state index contributed by atoms with van der Waals surface area (Å²) in [6.45, 7) is 4.03. The molecule has 0 saturated carbocycles. The molecule has 3 fully saturated rings. The molecule has 0 unspecified atom stereocenters. The number of aliphatic hydroxyl groups is 1. The minimum Gasteiger partial charge on any atom is -0.464 e. The van der Waals surface area contributed by atoms with Gasteiger partial charge in [0, 0.05) is 37.8 Å². The van der Waals surface area contributed by atoms with Gasteiger partial charge < -0.3 is 9.52 Å². The number of fused-ring (bicyclic) bond motifs is 3. The second kappa shape index (κ2) is 7.48. The van der Waals surface area contributed by atoms with Crippen LogP contribution in [0, 0.1) is 6.92 Å². The highest BCUT2D eigenvalue weighted by atomic mass is 16.3. The van der Waals surface area contributed by atoms with Crippen molar-refractivity contribution in [2.24, 2.45) is 0 Å². The van der Waals surface area contributed by atoms with Crippen molar-refractivity contribution in [3.63, 3.8) is 0 Å². The van der Waals surface area contributed by atoms with Crippen LogP contribution in [0.3, 0.4) is 0 Å². The van der Waals surface area contributed by atoms with E-state index in [9.17, 15) is 14.7 Å². The van der Waals surface area contributed by atoms with Gasteiger partial charge in [0.2, 0.25) is 5.91 Å². The van der Waals surface area contributed by atoms with Gasteiger partial charge in [-0.05, 0) is 43.2 Å².